The van der Waals surface area contributed by atoms with Crippen LogP contribution in [0.3, 0.4) is 0 Å². The van der Waals surface area contributed by atoms with Gasteiger partial charge in [-0.25, -0.2) is 9.18 Å². The molecule has 0 aromatic heterocycles. The molecule has 31 heavy (non-hydrogen) atoms. The van der Waals surface area contributed by atoms with E-state index in [4.69, 9.17) is 0 Å². The zero-order chi connectivity index (χ0) is 22.0. The normalized spacial score (nSPS) is 14.8. The van der Waals surface area contributed by atoms with Gasteiger partial charge in [0.15, 0.2) is 0 Å². The number of carbonyl (C=O) groups excluding carboxylic acids is 2. The molecule has 0 saturated carbocycles. The van der Waals surface area contributed by atoms with Gasteiger partial charge in [0.25, 0.3) is 5.91 Å². The minimum atomic E-state index is -0.422. The Morgan fingerprint density at radius 3 is 2.58 bits per heavy atom. The van der Waals surface area contributed by atoms with Gasteiger partial charge in [-0.3, -0.25) is 4.79 Å². The van der Waals surface area contributed by atoms with Gasteiger partial charge in [0.2, 0.25) is 0 Å². The van der Waals surface area contributed by atoms with Gasteiger partial charge in [0.05, 0.1) is 0 Å². The molecule has 0 aliphatic carbocycles. The SMILES string of the molecule is Cc1ccc(NC(=O)NCc2ccc3c(c2)N(C(=O)c2ccccc2)[C@H](C)C3)cc1F. The summed E-state index contributed by atoms with van der Waals surface area (Å²) in [5.41, 5.74) is 4.43. The number of amides is 3. The summed E-state index contributed by atoms with van der Waals surface area (Å²) in [6, 6.07) is 19.3. The number of anilines is 2. The van der Waals surface area contributed by atoms with Crippen LogP contribution in [0.5, 0.6) is 0 Å². The summed E-state index contributed by atoms with van der Waals surface area (Å²) in [7, 11) is 0. The van der Waals surface area contributed by atoms with E-state index in [-0.39, 0.29) is 24.3 Å². The molecule has 0 spiro atoms. The average molecular weight is 417 g/mol. The number of rotatable bonds is 4. The molecule has 5 nitrogen and oxygen atoms in total. The second-order valence-electron chi connectivity index (χ2n) is 7.83. The number of hydrogen-bond donors (Lipinski definition) is 2. The monoisotopic (exact) mass is 417 g/mol. The first-order valence-electron chi connectivity index (χ1n) is 10.2. The number of hydrogen-bond acceptors (Lipinski definition) is 2. The number of halogens is 1. The Morgan fingerprint density at radius 2 is 1.84 bits per heavy atom. The smallest absolute Gasteiger partial charge is 0.319 e. The lowest BCUT2D eigenvalue weighted by atomic mass is 10.1. The van der Waals surface area contributed by atoms with Gasteiger partial charge >= 0.3 is 6.03 Å². The highest BCUT2D eigenvalue weighted by Crippen LogP contribution is 2.34. The van der Waals surface area contributed by atoms with E-state index >= 15 is 0 Å². The summed E-state index contributed by atoms with van der Waals surface area (Å²) in [6.45, 7) is 3.99. The molecule has 0 unspecified atom stereocenters. The molecule has 1 aliphatic rings. The quantitative estimate of drug-likeness (QED) is 0.624. The lowest BCUT2D eigenvalue weighted by molar-refractivity contribution is 0.0981. The lowest BCUT2D eigenvalue weighted by Crippen LogP contribution is -2.35. The van der Waals surface area contributed by atoms with Crippen LogP contribution in [0.15, 0.2) is 66.7 Å². The third-order valence-corrected chi connectivity index (χ3v) is 5.49. The third kappa shape index (κ3) is 4.43. The summed E-state index contributed by atoms with van der Waals surface area (Å²) >= 11 is 0. The fourth-order valence-electron chi connectivity index (χ4n) is 3.82. The Bertz CT molecular complexity index is 1130. The van der Waals surface area contributed by atoms with Crippen LogP contribution in [0.1, 0.15) is 34.0 Å². The van der Waals surface area contributed by atoms with Crippen molar-refractivity contribution < 1.29 is 14.0 Å². The maximum atomic E-state index is 13.7. The molecule has 3 amide bonds. The Labute approximate surface area is 180 Å². The predicted octanol–water partition coefficient (Wildman–Crippen LogP) is 5.05. The van der Waals surface area contributed by atoms with Crippen LogP contribution in [0.25, 0.3) is 0 Å². The lowest BCUT2D eigenvalue weighted by Gasteiger charge is -2.23. The van der Waals surface area contributed by atoms with Crippen LogP contribution in [-0.2, 0) is 13.0 Å². The largest absolute Gasteiger partial charge is 0.334 e. The highest BCUT2D eigenvalue weighted by Gasteiger charge is 2.31. The number of aryl methyl sites for hydroxylation is 1. The van der Waals surface area contributed by atoms with Crippen molar-refractivity contribution in [2.24, 2.45) is 0 Å². The van der Waals surface area contributed by atoms with Crippen LogP contribution >= 0.6 is 0 Å². The summed E-state index contributed by atoms with van der Waals surface area (Å²) in [6.07, 6.45) is 0.793. The van der Waals surface area contributed by atoms with Crippen molar-refractivity contribution in [2.45, 2.75) is 32.9 Å². The number of carbonyl (C=O) groups is 2. The molecule has 0 bridgehead atoms. The molecule has 6 heteroatoms. The van der Waals surface area contributed by atoms with Crippen LogP contribution in [0.4, 0.5) is 20.6 Å². The summed E-state index contributed by atoms with van der Waals surface area (Å²) in [5, 5.41) is 5.42. The second-order valence-corrected chi connectivity index (χ2v) is 7.83. The Hall–Kier alpha value is -3.67. The summed E-state index contributed by atoms with van der Waals surface area (Å²) < 4.78 is 13.7. The molecule has 3 aromatic carbocycles. The highest BCUT2D eigenvalue weighted by molar-refractivity contribution is 6.07. The van der Waals surface area contributed by atoms with E-state index in [1.54, 1.807) is 19.1 Å². The van der Waals surface area contributed by atoms with Crippen LogP contribution in [-0.4, -0.2) is 18.0 Å². The number of fused-ring (bicyclic) bond motifs is 1. The van der Waals surface area contributed by atoms with Gasteiger partial charge in [-0.05, 0) is 67.3 Å². The van der Waals surface area contributed by atoms with Gasteiger partial charge in [-0.2, -0.15) is 0 Å². The highest BCUT2D eigenvalue weighted by atomic mass is 19.1. The molecule has 0 radical (unpaired) electrons. The average Bonchev–Trinajstić information content (AvgIpc) is 3.10. The first-order chi connectivity index (χ1) is 14.9. The first-order valence-corrected chi connectivity index (χ1v) is 10.2. The van der Waals surface area contributed by atoms with E-state index in [1.165, 1.54) is 6.07 Å². The van der Waals surface area contributed by atoms with Crippen molar-refractivity contribution in [3.8, 4) is 0 Å². The summed E-state index contributed by atoms with van der Waals surface area (Å²) in [4.78, 5) is 27.1. The van der Waals surface area contributed by atoms with Crippen molar-refractivity contribution >= 4 is 23.3 Å². The van der Waals surface area contributed by atoms with Crippen LogP contribution < -0.4 is 15.5 Å². The fraction of sp³-hybridized carbons (Fsp3) is 0.200. The third-order valence-electron chi connectivity index (χ3n) is 5.49. The van der Waals surface area contributed by atoms with Crippen molar-refractivity contribution in [1.82, 2.24) is 5.32 Å². The minimum Gasteiger partial charge on any atom is -0.334 e. The molecule has 2 N–H and O–H groups in total. The standard InChI is InChI=1S/C25H24FN3O2/c1-16-8-11-21(14-22(16)26)28-25(31)27-15-18-9-10-20-12-17(2)29(23(20)13-18)24(30)19-6-4-3-5-7-19/h3-11,13-14,17H,12,15H2,1-2H3,(H2,27,28,31)/t17-/m1/s1. The molecule has 4 rings (SSSR count). The Kier molecular flexibility index (Phi) is 5.71. The zero-order valence-electron chi connectivity index (χ0n) is 17.5. The van der Waals surface area contributed by atoms with Crippen molar-refractivity contribution in [2.75, 3.05) is 10.2 Å². The van der Waals surface area contributed by atoms with Gasteiger partial charge in [-0.1, -0.05) is 36.4 Å². The minimum absolute atomic E-state index is 0.0314. The van der Waals surface area contributed by atoms with E-state index in [9.17, 15) is 14.0 Å². The van der Waals surface area contributed by atoms with E-state index in [0.717, 1.165) is 23.2 Å². The van der Waals surface area contributed by atoms with Crippen molar-refractivity contribution in [3.05, 3.63) is 94.8 Å². The molecule has 158 valence electrons. The van der Waals surface area contributed by atoms with Crippen LogP contribution in [0, 0.1) is 12.7 Å². The molecule has 1 atom stereocenters. The van der Waals surface area contributed by atoms with Gasteiger partial charge in [0.1, 0.15) is 5.82 Å². The molecular formula is C25H24FN3O2. The molecule has 0 fully saturated rings. The fourth-order valence-corrected chi connectivity index (χ4v) is 3.82. The van der Waals surface area contributed by atoms with Crippen molar-refractivity contribution in [3.63, 3.8) is 0 Å². The van der Waals surface area contributed by atoms with E-state index in [1.807, 2.05) is 60.4 Å². The zero-order valence-corrected chi connectivity index (χ0v) is 17.5. The van der Waals surface area contributed by atoms with Gasteiger partial charge < -0.3 is 15.5 Å². The second kappa shape index (κ2) is 8.60. The molecule has 3 aromatic rings. The molecule has 1 heterocycles. The molecular weight excluding hydrogens is 393 g/mol. The Morgan fingerprint density at radius 1 is 1.06 bits per heavy atom. The van der Waals surface area contributed by atoms with E-state index < -0.39 is 6.03 Å². The van der Waals surface area contributed by atoms with Crippen LogP contribution in [0.2, 0.25) is 0 Å². The number of nitrogens with one attached hydrogen (secondary N) is 2. The summed E-state index contributed by atoms with van der Waals surface area (Å²) in [5.74, 6) is -0.398. The first kappa shape index (κ1) is 20.6. The van der Waals surface area contributed by atoms with E-state index in [2.05, 4.69) is 10.6 Å². The topological polar surface area (TPSA) is 61.4 Å². The van der Waals surface area contributed by atoms with Crippen molar-refractivity contribution in [1.29, 1.82) is 0 Å². The van der Waals surface area contributed by atoms with Gasteiger partial charge in [0, 0.05) is 29.5 Å². The number of benzene rings is 3. The number of nitrogens with zero attached hydrogens (tertiary/aromatic N) is 1. The maximum absolute atomic E-state index is 13.7. The van der Waals surface area contributed by atoms with Gasteiger partial charge in [-0.15, -0.1) is 0 Å². The molecule has 0 saturated heterocycles. The Balaban J connectivity index is 1.45. The number of urea groups is 1. The maximum Gasteiger partial charge on any atom is 0.319 e. The van der Waals surface area contributed by atoms with E-state index in [0.29, 0.717) is 16.8 Å². The predicted molar refractivity (Wildman–Crippen MR) is 120 cm³/mol. The molecule has 1 aliphatic heterocycles.